The van der Waals surface area contributed by atoms with E-state index in [9.17, 15) is 4.79 Å². The minimum Gasteiger partial charge on any atom is -0.490 e. The lowest BCUT2D eigenvalue weighted by molar-refractivity contribution is -0.138. The lowest BCUT2D eigenvalue weighted by Gasteiger charge is -2.14. The van der Waals surface area contributed by atoms with E-state index in [0.717, 1.165) is 18.4 Å². The molecule has 1 aliphatic carbocycles. The van der Waals surface area contributed by atoms with Crippen LogP contribution in [0.4, 0.5) is 0 Å². The average Bonchev–Trinajstić information content (AvgIpc) is 3.03. The number of rotatable bonds is 4. The molecule has 1 fully saturated rings. The van der Waals surface area contributed by atoms with Crippen molar-refractivity contribution in [3.8, 4) is 5.75 Å². The number of aliphatic carboxylic acids is 1. The molecule has 4 heteroatoms. The highest BCUT2D eigenvalue weighted by Crippen LogP contribution is 2.32. The zero-order chi connectivity index (χ0) is 11.7. The third kappa shape index (κ3) is 2.33. The van der Waals surface area contributed by atoms with Crippen molar-refractivity contribution in [2.75, 3.05) is 0 Å². The fraction of sp³-hybridized carbons (Fsp3) is 0.417. The summed E-state index contributed by atoms with van der Waals surface area (Å²) in [5.74, 6) is -0.436. The molecule has 0 aromatic heterocycles. The van der Waals surface area contributed by atoms with E-state index in [1.54, 1.807) is 12.1 Å². The summed E-state index contributed by atoms with van der Waals surface area (Å²) >= 11 is 0. The number of carboxylic acids is 1. The van der Waals surface area contributed by atoms with Crippen LogP contribution in [0.5, 0.6) is 5.75 Å². The zero-order valence-corrected chi connectivity index (χ0v) is 9.14. The van der Waals surface area contributed by atoms with Gasteiger partial charge in [-0.05, 0) is 25.8 Å². The van der Waals surface area contributed by atoms with Gasteiger partial charge in [-0.2, -0.15) is 0 Å². The largest absolute Gasteiger partial charge is 0.490 e. The molecule has 0 aliphatic heterocycles. The van der Waals surface area contributed by atoms with Crippen LogP contribution in [0.3, 0.4) is 0 Å². The number of benzene rings is 1. The smallest absolute Gasteiger partial charge is 0.325 e. The van der Waals surface area contributed by atoms with Crippen molar-refractivity contribution >= 4 is 5.97 Å². The van der Waals surface area contributed by atoms with Gasteiger partial charge in [0.1, 0.15) is 11.8 Å². The molecule has 0 radical (unpaired) electrons. The summed E-state index contributed by atoms with van der Waals surface area (Å²) in [4.78, 5) is 10.9. The predicted molar refractivity (Wildman–Crippen MR) is 59.4 cm³/mol. The van der Waals surface area contributed by atoms with Crippen molar-refractivity contribution in [1.82, 2.24) is 0 Å². The second-order valence-electron chi connectivity index (χ2n) is 4.17. The first-order valence-corrected chi connectivity index (χ1v) is 5.33. The van der Waals surface area contributed by atoms with Gasteiger partial charge in [-0.15, -0.1) is 0 Å². The van der Waals surface area contributed by atoms with E-state index in [1.807, 2.05) is 13.0 Å². The van der Waals surface area contributed by atoms with Gasteiger partial charge in [0.25, 0.3) is 0 Å². The van der Waals surface area contributed by atoms with E-state index < -0.39 is 12.0 Å². The Bertz CT molecular complexity index is 413. The van der Waals surface area contributed by atoms with E-state index in [-0.39, 0.29) is 6.10 Å². The van der Waals surface area contributed by atoms with Crippen molar-refractivity contribution in [2.45, 2.75) is 31.9 Å². The van der Waals surface area contributed by atoms with Gasteiger partial charge in [0.15, 0.2) is 0 Å². The van der Waals surface area contributed by atoms with Gasteiger partial charge in [0.2, 0.25) is 0 Å². The molecule has 1 aromatic rings. The molecule has 3 N–H and O–H groups in total. The number of aryl methyl sites for hydroxylation is 1. The van der Waals surface area contributed by atoms with Crippen LogP contribution in [0, 0.1) is 6.92 Å². The minimum absolute atomic E-state index is 0.238. The molecule has 86 valence electrons. The fourth-order valence-electron chi connectivity index (χ4n) is 1.52. The van der Waals surface area contributed by atoms with Crippen LogP contribution in [-0.4, -0.2) is 17.2 Å². The van der Waals surface area contributed by atoms with Crippen LogP contribution in [0.2, 0.25) is 0 Å². The van der Waals surface area contributed by atoms with Crippen molar-refractivity contribution < 1.29 is 14.6 Å². The predicted octanol–water partition coefficient (Wildman–Crippen LogP) is 1.62. The molecule has 1 aromatic carbocycles. The molecule has 1 unspecified atom stereocenters. The monoisotopic (exact) mass is 221 g/mol. The lowest BCUT2D eigenvalue weighted by atomic mass is 10.0. The number of carboxylic acid groups (broad SMARTS) is 1. The summed E-state index contributed by atoms with van der Waals surface area (Å²) in [5, 5.41) is 8.92. The van der Waals surface area contributed by atoms with E-state index >= 15 is 0 Å². The summed E-state index contributed by atoms with van der Waals surface area (Å²) in [7, 11) is 0. The molecular formula is C12H15NO3. The molecule has 2 rings (SSSR count). The third-order valence-electron chi connectivity index (χ3n) is 2.58. The van der Waals surface area contributed by atoms with Gasteiger partial charge in [0.05, 0.1) is 6.10 Å². The van der Waals surface area contributed by atoms with Gasteiger partial charge >= 0.3 is 5.97 Å². The first-order valence-electron chi connectivity index (χ1n) is 5.33. The van der Waals surface area contributed by atoms with Gasteiger partial charge in [0, 0.05) is 5.56 Å². The first-order chi connectivity index (χ1) is 7.58. The molecule has 1 saturated carbocycles. The van der Waals surface area contributed by atoms with Crippen molar-refractivity contribution in [3.05, 3.63) is 29.3 Å². The summed E-state index contributed by atoms with van der Waals surface area (Å²) in [6.45, 7) is 1.90. The van der Waals surface area contributed by atoms with E-state index in [2.05, 4.69) is 0 Å². The normalized spacial score (nSPS) is 16.9. The second-order valence-corrected chi connectivity index (χ2v) is 4.17. The number of nitrogens with two attached hydrogens (primary N) is 1. The second kappa shape index (κ2) is 4.14. The van der Waals surface area contributed by atoms with Crippen LogP contribution in [0.1, 0.15) is 30.0 Å². The molecule has 4 nitrogen and oxygen atoms in total. The minimum atomic E-state index is -1.04. The number of ether oxygens (including phenoxy) is 1. The first kappa shape index (κ1) is 11.0. The molecule has 1 aliphatic rings. The third-order valence-corrected chi connectivity index (χ3v) is 2.58. The Labute approximate surface area is 94.0 Å². The highest BCUT2D eigenvalue weighted by atomic mass is 16.5. The van der Waals surface area contributed by atoms with Gasteiger partial charge in [-0.1, -0.05) is 17.7 Å². The number of hydrogen-bond donors (Lipinski definition) is 2. The van der Waals surface area contributed by atoms with Crippen molar-refractivity contribution in [3.63, 3.8) is 0 Å². The molecule has 0 amide bonds. The Kier molecular flexibility index (Phi) is 2.83. The van der Waals surface area contributed by atoms with E-state index in [0.29, 0.717) is 11.3 Å². The Morgan fingerprint density at radius 2 is 2.25 bits per heavy atom. The maximum atomic E-state index is 10.9. The SMILES string of the molecule is Cc1ccc(OC2CC2)c(C(N)C(=O)O)c1. The number of hydrogen-bond acceptors (Lipinski definition) is 3. The Balaban J connectivity index is 2.30. The van der Waals surface area contributed by atoms with E-state index in [1.165, 1.54) is 0 Å². The van der Waals surface area contributed by atoms with Gasteiger partial charge < -0.3 is 15.6 Å². The summed E-state index contributed by atoms with van der Waals surface area (Å²) in [6.07, 6.45) is 2.31. The molecule has 1 atom stereocenters. The maximum Gasteiger partial charge on any atom is 0.325 e. The summed E-state index contributed by atoms with van der Waals surface area (Å²) < 4.78 is 5.64. The summed E-state index contributed by atoms with van der Waals surface area (Å²) in [5.41, 5.74) is 7.16. The molecule has 0 bridgehead atoms. The molecule has 16 heavy (non-hydrogen) atoms. The van der Waals surface area contributed by atoms with Crippen LogP contribution < -0.4 is 10.5 Å². The van der Waals surface area contributed by atoms with Crippen LogP contribution in [0.15, 0.2) is 18.2 Å². The van der Waals surface area contributed by atoms with Gasteiger partial charge in [-0.3, -0.25) is 4.79 Å². The lowest BCUT2D eigenvalue weighted by Crippen LogP contribution is -2.21. The van der Waals surface area contributed by atoms with Gasteiger partial charge in [-0.25, -0.2) is 0 Å². The molecule has 0 saturated heterocycles. The molecule has 0 spiro atoms. The number of carbonyl (C=O) groups is 1. The van der Waals surface area contributed by atoms with Crippen LogP contribution >= 0.6 is 0 Å². The highest BCUT2D eigenvalue weighted by molar-refractivity contribution is 5.76. The Morgan fingerprint density at radius 3 is 2.81 bits per heavy atom. The van der Waals surface area contributed by atoms with Crippen LogP contribution in [0.25, 0.3) is 0 Å². The quantitative estimate of drug-likeness (QED) is 0.810. The highest BCUT2D eigenvalue weighted by Gasteiger charge is 2.26. The zero-order valence-electron chi connectivity index (χ0n) is 9.14. The molecular weight excluding hydrogens is 206 g/mol. The van der Waals surface area contributed by atoms with Crippen LogP contribution in [-0.2, 0) is 4.79 Å². The topological polar surface area (TPSA) is 72.5 Å². The van der Waals surface area contributed by atoms with Crippen molar-refractivity contribution in [1.29, 1.82) is 0 Å². The summed E-state index contributed by atoms with van der Waals surface area (Å²) in [6, 6.07) is 4.45. The Hall–Kier alpha value is -1.55. The average molecular weight is 221 g/mol. The van der Waals surface area contributed by atoms with Crippen molar-refractivity contribution in [2.24, 2.45) is 5.73 Å². The molecule has 0 heterocycles. The Morgan fingerprint density at radius 1 is 1.56 bits per heavy atom. The standard InChI is InChI=1S/C12H15NO3/c1-7-2-5-10(16-8-3-4-8)9(6-7)11(13)12(14)15/h2,5-6,8,11H,3-4,13H2,1H3,(H,14,15). The van der Waals surface area contributed by atoms with E-state index in [4.69, 9.17) is 15.6 Å². The fourth-order valence-corrected chi connectivity index (χ4v) is 1.52. The maximum absolute atomic E-state index is 10.9.